The fourth-order valence-electron chi connectivity index (χ4n) is 4.96. The Morgan fingerprint density at radius 2 is 1.81 bits per heavy atom. The van der Waals surface area contributed by atoms with Gasteiger partial charge < -0.3 is 9.64 Å². The molecular formula is C28H30BrClN2O4S. The van der Waals surface area contributed by atoms with Crippen molar-refractivity contribution in [2.24, 2.45) is 0 Å². The molecule has 0 radical (unpaired) electrons. The Balaban J connectivity index is 1.57. The molecule has 1 aliphatic heterocycles. The second kappa shape index (κ2) is 11.2. The molecule has 1 aliphatic rings. The first-order valence-corrected chi connectivity index (χ1v) is 14.6. The zero-order chi connectivity index (χ0) is 26.9. The van der Waals surface area contributed by atoms with Crippen molar-refractivity contribution < 1.29 is 17.9 Å². The van der Waals surface area contributed by atoms with E-state index in [-0.39, 0.29) is 12.5 Å². The number of nitrogens with zero attached hydrogens (tertiary/aromatic N) is 2. The molecule has 3 aromatic carbocycles. The van der Waals surface area contributed by atoms with Crippen molar-refractivity contribution in [3.63, 3.8) is 0 Å². The van der Waals surface area contributed by atoms with E-state index in [1.165, 1.54) is 4.31 Å². The molecule has 196 valence electrons. The van der Waals surface area contributed by atoms with Crippen molar-refractivity contribution in [3.05, 3.63) is 86.3 Å². The third kappa shape index (κ3) is 6.03. The third-order valence-corrected chi connectivity index (χ3v) is 9.44. The average Bonchev–Trinajstić information content (AvgIpc) is 3.30. The summed E-state index contributed by atoms with van der Waals surface area (Å²) in [5, 5.41) is 0.558. The molecule has 1 heterocycles. The van der Waals surface area contributed by atoms with Crippen molar-refractivity contribution in [2.45, 2.75) is 51.1 Å². The van der Waals surface area contributed by atoms with Crippen LogP contribution in [0.2, 0.25) is 5.02 Å². The van der Waals surface area contributed by atoms with E-state index in [2.05, 4.69) is 15.9 Å². The van der Waals surface area contributed by atoms with Gasteiger partial charge in [0.15, 0.2) is 0 Å². The number of ether oxygens (including phenoxy) is 1. The summed E-state index contributed by atoms with van der Waals surface area (Å²) in [7, 11) is -2.14. The number of hydrogen-bond donors (Lipinski definition) is 0. The van der Waals surface area contributed by atoms with Crippen molar-refractivity contribution >= 4 is 43.5 Å². The van der Waals surface area contributed by atoms with Crippen molar-refractivity contribution in [1.82, 2.24) is 9.21 Å². The lowest BCUT2D eigenvalue weighted by atomic mass is 10.1. The van der Waals surface area contributed by atoms with E-state index in [0.29, 0.717) is 51.9 Å². The quantitative estimate of drug-likeness (QED) is 0.303. The topological polar surface area (TPSA) is 66.9 Å². The van der Waals surface area contributed by atoms with Gasteiger partial charge in [-0.05, 0) is 75.1 Å². The highest BCUT2D eigenvalue weighted by Crippen LogP contribution is 2.33. The summed E-state index contributed by atoms with van der Waals surface area (Å²) >= 11 is 9.59. The van der Waals surface area contributed by atoms with E-state index in [0.717, 1.165) is 15.6 Å². The van der Waals surface area contributed by atoms with Crippen LogP contribution in [0.5, 0.6) is 11.5 Å². The van der Waals surface area contributed by atoms with Crippen LogP contribution in [-0.2, 0) is 21.4 Å². The van der Waals surface area contributed by atoms with Crippen LogP contribution in [0.3, 0.4) is 0 Å². The number of amides is 1. The molecule has 1 amide bonds. The molecule has 1 atom stereocenters. The fraction of sp³-hybridized carbons (Fsp3) is 0.321. The Morgan fingerprint density at radius 1 is 1.11 bits per heavy atom. The summed E-state index contributed by atoms with van der Waals surface area (Å²) in [5.74, 6) is 0.927. The second-order valence-electron chi connectivity index (χ2n) is 9.51. The number of carbonyl (C=O) groups is 1. The first-order chi connectivity index (χ1) is 17.5. The Labute approximate surface area is 232 Å². The monoisotopic (exact) mass is 604 g/mol. The minimum Gasteiger partial charge on any atom is -0.457 e. The number of benzene rings is 3. The van der Waals surface area contributed by atoms with E-state index in [1.807, 2.05) is 43.3 Å². The lowest BCUT2D eigenvalue weighted by Gasteiger charge is -2.29. The summed E-state index contributed by atoms with van der Waals surface area (Å²) < 4.78 is 35.7. The summed E-state index contributed by atoms with van der Waals surface area (Å²) in [6, 6.07) is 15.7. The van der Waals surface area contributed by atoms with Gasteiger partial charge in [-0.1, -0.05) is 57.4 Å². The minimum absolute atomic E-state index is 0.236. The lowest BCUT2D eigenvalue weighted by molar-refractivity contribution is -0.133. The molecule has 6 nitrogen and oxygen atoms in total. The maximum atomic E-state index is 13.7. The molecule has 3 aromatic rings. The van der Waals surface area contributed by atoms with Gasteiger partial charge in [0.05, 0.1) is 4.90 Å². The molecule has 9 heteroatoms. The summed E-state index contributed by atoms with van der Waals surface area (Å²) in [4.78, 5) is 15.5. The number of likely N-dealkylation sites (N-methyl/N-ethyl adjacent to an activating group) is 1. The summed E-state index contributed by atoms with van der Waals surface area (Å²) in [6.45, 7) is 6.14. The van der Waals surface area contributed by atoms with Crippen LogP contribution in [0.25, 0.3) is 0 Å². The predicted molar refractivity (Wildman–Crippen MR) is 150 cm³/mol. The normalized spacial score (nSPS) is 16.1. The number of halogens is 2. The zero-order valence-electron chi connectivity index (χ0n) is 21.3. The van der Waals surface area contributed by atoms with Gasteiger partial charge in [0, 0.05) is 35.2 Å². The van der Waals surface area contributed by atoms with Gasteiger partial charge >= 0.3 is 0 Å². The molecule has 1 fully saturated rings. The van der Waals surface area contributed by atoms with E-state index >= 15 is 0 Å². The molecule has 1 unspecified atom stereocenters. The van der Waals surface area contributed by atoms with Gasteiger partial charge in [-0.15, -0.1) is 0 Å². The molecule has 4 rings (SSSR count). The van der Waals surface area contributed by atoms with Crippen LogP contribution in [0.4, 0.5) is 0 Å². The Bertz CT molecular complexity index is 1420. The molecule has 1 saturated heterocycles. The highest BCUT2D eigenvalue weighted by atomic mass is 79.9. The first kappa shape index (κ1) is 27.6. The van der Waals surface area contributed by atoms with Gasteiger partial charge in [0.1, 0.15) is 17.5 Å². The zero-order valence-corrected chi connectivity index (χ0v) is 24.5. The molecule has 0 N–H and O–H groups in total. The fourth-order valence-corrected chi connectivity index (χ4v) is 7.55. The van der Waals surface area contributed by atoms with Crippen LogP contribution in [0, 0.1) is 20.8 Å². The van der Waals surface area contributed by atoms with Crippen LogP contribution in [0.15, 0.2) is 64.0 Å². The van der Waals surface area contributed by atoms with E-state index in [4.69, 9.17) is 16.3 Å². The number of hydrogen-bond acceptors (Lipinski definition) is 4. The maximum absolute atomic E-state index is 13.7. The molecular weight excluding hydrogens is 576 g/mol. The Morgan fingerprint density at radius 3 is 2.49 bits per heavy atom. The molecule has 0 aromatic heterocycles. The Hall–Kier alpha value is -2.39. The maximum Gasteiger partial charge on any atom is 0.244 e. The van der Waals surface area contributed by atoms with Crippen LogP contribution >= 0.6 is 27.5 Å². The van der Waals surface area contributed by atoms with E-state index in [1.54, 1.807) is 44.0 Å². The van der Waals surface area contributed by atoms with E-state index < -0.39 is 16.1 Å². The van der Waals surface area contributed by atoms with Crippen LogP contribution in [0.1, 0.15) is 35.1 Å². The van der Waals surface area contributed by atoms with Crippen LogP contribution < -0.4 is 4.74 Å². The number of carbonyl (C=O) groups excluding carboxylic acids is 1. The molecule has 0 aliphatic carbocycles. The number of aryl methyl sites for hydroxylation is 3. The standard InChI is InChI=1S/C28H30BrClN2O4S/c1-18-13-19(2)27(20(3)14-18)37(34,35)32-12-6-9-25(32)28(33)31(4)17-21-10-11-22(29)15-26(21)36-24-8-5-7-23(30)16-24/h5,7-8,10-11,13-16,25H,6,9,12,17H2,1-4H3. The van der Waals surface area contributed by atoms with Gasteiger partial charge in [0.2, 0.25) is 15.9 Å². The number of sulfonamides is 1. The lowest BCUT2D eigenvalue weighted by Crippen LogP contribution is -2.46. The predicted octanol–water partition coefficient (Wildman–Crippen LogP) is 6.63. The van der Waals surface area contributed by atoms with Gasteiger partial charge in [-0.3, -0.25) is 4.79 Å². The minimum atomic E-state index is -3.83. The summed E-state index contributed by atoms with van der Waals surface area (Å²) in [5.41, 5.74) is 3.19. The molecule has 0 saturated carbocycles. The first-order valence-electron chi connectivity index (χ1n) is 12.0. The molecule has 0 bridgehead atoms. The Kier molecular flexibility index (Phi) is 8.33. The van der Waals surface area contributed by atoms with Crippen molar-refractivity contribution in [2.75, 3.05) is 13.6 Å². The van der Waals surface area contributed by atoms with Gasteiger partial charge in [-0.25, -0.2) is 8.42 Å². The SMILES string of the molecule is Cc1cc(C)c(S(=O)(=O)N2CCCC2C(=O)N(C)Cc2ccc(Br)cc2Oc2cccc(Cl)c2)c(C)c1. The molecule has 37 heavy (non-hydrogen) atoms. The van der Waals surface area contributed by atoms with E-state index in [9.17, 15) is 13.2 Å². The second-order valence-corrected chi connectivity index (χ2v) is 12.7. The van der Waals surface area contributed by atoms with Crippen molar-refractivity contribution in [1.29, 1.82) is 0 Å². The highest BCUT2D eigenvalue weighted by Gasteiger charge is 2.41. The summed E-state index contributed by atoms with van der Waals surface area (Å²) in [6.07, 6.45) is 1.12. The van der Waals surface area contributed by atoms with Gasteiger partial charge in [0.25, 0.3) is 0 Å². The largest absolute Gasteiger partial charge is 0.457 e. The number of rotatable bonds is 7. The average molecular weight is 606 g/mol. The highest BCUT2D eigenvalue weighted by molar-refractivity contribution is 9.10. The third-order valence-electron chi connectivity index (χ3n) is 6.50. The smallest absolute Gasteiger partial charge is 0.244 e. The molecule has 0 spiro atoms. The van der Waals surface area contributed by atoms with Crippen LogP contribution in [-0.4, -0.2) is 43.2 Å². The van der Waals surface area contributed by atoms with Gasteiger partial charge in [-0.2, -0.15) is 4.31 Å². The van der Waals surface area contributed by atoms with Crippen molar-refractivity contribution in [3.8, 4) is 11.5 Å².